The van der Waals surface area contributed by atoms with Crippen LogP contribution in [0.1, 0.15) is 12.7 Å². The average molecular weight is 365 g/mol. The molecule has 0 bridgehead atoms. The van der Waals surface area contributed by atoms with Crippen molar-refractivity contribution in [1.82, 2.24) is 14.5 Å². The molecule has 0 spiro atoms. The van der Waals surface area contributed by atoms with Crippen molar-refractivity contribution in [2.75, 3.05) is 19.3 Å². The molecule has 4 amide bonds. The molecule has 1 atom stereocenters. The zero-order chi connectivity index (χ0) is 18.2. The Bertz CT molecular complexity index is 888. The number of hydrogen-bond donors (Lipinski definition) is 1. The molecule has 1 aliphatic heterocycles. The highest BCUT2D eigenvalue weighted by Crippen LogP contribution is 2.20. The Labute approximate surface area is 145 Å². The summed E-state index contributed by atoms with van der Waals surface area (Å²) in [6, 6.07) is 7.79. The highest BCUT2D eigenvalue weighted by molar-refractivity contribution is 7.88. The van der Waals surface area contributed by atoms with Crippen LogP contribution in [0, 0.1) is 0 Å². The smallest absolute Gasteiger partial charge is 0.341 e. The van der Waals surface area contributed by atoms with Gasteiger partial charge in [-0.2, -0.15) is 0 Å². The molecule has 1 aromatic carbocycles. The summed E-state index contributed by atoms with van der Waals surface area (Å²) < 4.78 is 29.4. The summed E-state index contributed by atoms with van der Waals surface area (Å²) in [5.41, 5.74) is 0.773. The number of benzene rings is 1. The summed E-state index contributed by atoms with van der Waals surface area (Å²) in [4.78, 5) is 25.2. The van der Waals surface area contributed by atoms with E-state index in [9.17, 15) is 18.0 Å². The third-order valence-electron chi connectivity index (χ3n) is 3.97. The molecule has 0 aliphatic carbocycles. The summed E-state index contributed by atoms with van der Waals surface area (Å²) in [5.74, 6) is 0.722. The van der Waals surface area contributed by atoms with Crippen LogP contribution in [-0.2, 0) is 16.4 Å². The number of carbonyl (C=O) groups is 2. The molecule has 1 N–H and O–H groups in total. The monoisotopic (exact) mass is 365 g/mol. The molecular formula is C16H19N3O5S. The number of hydrogen-bond acceptors (Lipinski definition) is 5. The fourth-order valence-electron chi connectivity index (χ4n) is 2.79. The first-order valence-corrected chi connectivity index (χ1v) is 9.67. The van der Waals surface area contributed by atoms with Gasteiger partial charge in [0.05, 0.1) is 19.3 Å². The van der Waals surface area contributed by atoms with E-state index in [0.29, 0.717) is 10.7 Å². The lowest BCUT2D eigenvalue weighted by molar-refractivity contribution is 0.192. The van der Waals surface area contributed by atoms with Crippen molar-refractivity contribution in [1.29, 1.82) is 0 Å². The van der Waals surface area contributed by atoms with Crippen molar-refractivity contribution in [2.45, 2.75) is 19.4 Å². The molecule has 1 aliphatic rings. The molecule has 9 heteroatoms. The molecule has 0 saturated carbocycles. The lowest BCUT2D eigenvalue weighted by Crippen LogP contribution is -2.46. The van der Waals surface area contributed by atoms with E-state index in [1.54, 1.807) is 6.92 Å². The summed E-state index contributed by atoms with van der Waals surface area (Å²) in [6.45, 7) is 1.80. The summed E-state index contributed by atoms with van der Waals surface area (Å²) in [7, 11) is -3.66. The Morgan fingerprint density at radius 3 is 2.68 bits per heavy atom. The number of nitrogens with zero attached hydrogens (tertiary/aromatic N) is 2. The van der Waals surface area contributed by atoms with Crippen LogP contribution in [0.3, 0.4) is 0 Å². The first-order valence-electron chi connectivity index (χ1n) is 7.83. The van der Waals surface area contributed by atoms with Crippen LogP contribution in [-0.4, -0.2) is 55.1 Å². The SMILES string of the molecule is CC(Cc1cc2ccccc2o1)NC(=O)N1CCN(S(C)(=O)=O)C1=O. The van der Waals surface area contributed by atoms with Crippen LogP contribution in [0.2, 0.25) is 0 Å². The third-order valence-corrected chi connectivity index (χ3v) is 5.11. The number of carbonyl (C=O) groups excluding carboxylic acids is 2. The topological polar surface area (TPSA) is 99.9 Å². The number of sulfonamides is 1. The van der Waals surface area contributed by atoms with Crippen molar-refractivity contribution >= 4 is 33.1 Å². The second-order valence-electron chi connectivity index (χ2n) is 6.07. The van der Waals surface area contributed by atoms with Crippen molar-refractivity contribution < 1.29 is 22.4 Å². The van der Waals surface area contributed by atoms with Crippen LogP contribution in [0.4, 0.5) is 9.59 Å². The van der Waals surface area contributed by atoms with Gasteiger partial charge in [-0.1, -0.05) is 18.2 Å². The number of nitrogens with one attached hydrogen (secondary N) is 1. The third kappa shape index (κ3) is 3.60. The van der Waals surface area contributed by atoms with E-state index in [4.69, 9.17) is 4.42 Å². The molecule has 1 saturated heterocycles. The maximum atomic E-state index is 12.2. The highest BCUT2D eigenvalue weighted by atomic mass is 32.2. The van der Waals surface area contributed by atoms with Crippen molar-refractivity contribution in [3.8, 4) is 0 Å². The van der Waals surface area contributed by atoms with Crippen molar-refractivity contribution in [3.63, 3.8) is 0 Å². The highest BCUT2D eigenvalue weighted by Gasteiger charge is 2.38. The lowest BCUT2D eigenvalue weighted by Gasteiger charge is -2.19. The maximum Gasteiger partial charge on any atom is 0.341 e. The minimum Gasteiger partial charge on any atom is -0.461 e. The Kier molecular flexibility index (Phi) is 4.42. The molecule has 2 heterocycles. The van der Waals surface area contributed by atoms with Gasteiger partial charge in [0.25, 0.3) is 0 Å². The average Bonchev–Trinajstić information content (AvgIpc) is 3.08. The van der Waals surface area contributed by atoms with Gasteiger partial charge in [0.1, 0.15) is 11.3 Å². The van der Waals surface area contributed by atoms with Crippen molar-refractivity contribution in [3.05, 3.63) is 36.1 Å². The summed E-state index contributed by atoms with van der Waals surface area (Å²) >= 11 is 0. The molecular weight excluding hydrogens is 346 g/mol. The fraction of sp³-hybridized carbons (Fsp3) is 0.375. The van der Waals surface area contributed by atoms with Crippen molar-refractivity contribution in [2.24, 2.45) is 0 Å². The van der Waals surface area contributed by atoms with Crippen LogP contribution < -0.4 is 5.32 Å². The van der Waals surface area contributed by atoms with E-state index >= 15 is 0 Å². The maximum absolute atomic E-state index is 12.2. The molecule has 0 radical (unpaired) electrons. The summed E-state index contributed by atoms with van der Waals surface area (Å²) in [5, 5.41) is 3.68. The van der Waals surface area contributed by atoms with Gasteiger partial charge >= 0.3 is 12.1 Å². The minimum atomic E-state index is -3.66. The lowest BCUT2D eigenvalue weighted by atomic mass is 10.2. The quantitative estimate of drug-likeness (QED) is 0.890. The predicted octanol–water partition coefficient (Wildman–Crippen LogP) is 1.77. The Morgan fingerprint density at radius 2 is 2.04 bits per heavy atom. The second-order valence-corrected chi connectivity index (χ2v) is 7.98. The van der Waals surface area contributed by atoms with Gasteiger partial charge in [0.2, 0.25) is 10.0 Å². The molecule has 8 nitrogen and oxygen atoms in total. The molecule has 1 aromatic heterocycles. The van der Waals surface area contributed by atoms with E-state index in [0.717, 1.165) is 27.9 Å². The fourth-order valence-corrected chi connectivity index (χ4v) is 3.59. The van der Waals surface area contributed by atoms with Crippen LogP contribution in [0.15, 0.2) is 34.7 Å². The van der Waals surface area contributed by atoms with E-state index in [1.165, 1.54) is 0 Å². The predicted molar refractivity (Wildman–Crippen MR) is 91.6 cm³/mol. The largest absolute Gasteiger partial charge is 0.461 e. The van der Waals surface area contributed by atoms with Gasteiger partial charge in [-0.3, -0.25) is 0 Å². The molecule has 25 heavy (non-hydrogen) atoms. The standard InChI is InChI=1S/C16H19N3O5S/c1-11(9-13-10-12-5-3-4-6-14(12)24-13)17-15(20)18-7-8-19(16(18)21)25(2,22)23/h3-6,10-11H,7-9H2,1-2H3,(H,17,20). The number of fused-ring (bicyclic) bond motifs is 1. The van der Waals surface area contributed by atoms with E-state index in [-0.39, 0.29) is 19.1 Å². The van der Waals surface area contributed by atoms with Gasteiger partial charge in [-0.25, -0.2) is 27.2 Å². The Hall–Kier alpha value is -2.55. The first-order chi connectivity index (χ1) is 11.8. The molecule has 1 unspecified atom stereocenters. The Morgan fingerprint density at radius 1 is 1.32 bits per heavy atom. The number of furan rings is 1. The van der Waals surface area contributed by atoms with Gasteiger partial charge in [-0.05, 0) is 19.1 Å². The normalized spacial score (nSPS) is 16.5. The van der Waals surface area contributed by atoms with Crippen LogP contribution in [0.5, 0.6) is 0 Å². The van der Waals surface area contributed by atoms with Gasteiger partial charge in [0.15, 0.2) is 0 Å². The van der Waals surface area contributed by atoms with Gasteiger partial charge in [-0.15, -0.1) is 0 Å². The summed E-state index contributed by atoms with van der Waals surface area (Å²) in [6.07, 6.45) is 1.40. The number of rotatable bonds is 4. The van der Waals surface area contributed by atoms with Crippen LogP contribution in [0.25, 0.3) is 11.0 Å². The van der Waals surface area contributed by atoms with Crippen LogP contribution >= 0.6 is 0 Å². The van der Waals surface area contributed by atoms with E-state index < -0.39 is 22.1 Å². The number of imide groups is 1. The van der Waals surface area contributed by atoms with Gasteiger partial charge in [0, 0.05) is 17.8 Å². The number of urea groups is 2. The van der Waals surface area contributed by atoms with E-state index in [2.05, 4.69) is 5.32 Å². The number of amides is 4. The molecule has 1 fully saturated rings. The zero-order valence-corrected chi connectivity index (χ0v) is 14.7. The second kappa shape index (κ2) is 6.40. The Balaban J connectivity index is 1.62. The molecule has 134 valence electrons. The minimum absolute atomic E-state index is 0.0248. The number of para-hydroxylation sites is 1. The first kappa shape index (κ1) is 17.3. The molecule has 3 rings (SSSR count). The zero-order valence-electron chi connectivity index (χ0n) is 13.9. The van der Waals surface area contributed by atoms with E-state index in [1.807, 2.05) is 30.3 Å². The van der Waals surface area contributed by atoms with Gasteiger partial charge < -0.3 is 9.73 Å². The molecule has 2 aromatic rings.